The standard InChI is InChI=1S/C20H28N4O3.ClH/c1-3-16-13-17(6-5-15(16)2)21-18-14-19(25)24(20(26)22-18)8-4-7-23-9-11-27-12-10-23;/h5-6,13-14,21H,3-4,7-12H2,1-2H3,(H,22,26);1H. The molecular formula is C20H29ClN4O3. The zero-order valence-corrected chi connectivity index (χ0v) is 17.3. The second-order valence-corrected chi connectivity index (χ2v) is 6.91. The molecule has 0 spiro atoms. The van der Waals surface area contributed by atoms with Crippen molar-refractivity contribution >= 4 is 23.9 Å². The van der Waals surface area contributed by atoms with Crippen molar-refractivity contribution in [1.82, 2.24) is 14.5 Å². The first-order chi connectivity index (χ1) is 13.1. The van der Waals surface area contributed by atoms with Gasteiger partial charge in [0.25, 0.3) is 5.56 Å². The first-order valence-electron chi connectivity index (χ1n) is 9.57. The molecule has 0 bridgehead atoms. The van der Waals surface area contributed by atoms with Crippen LogP contribution in [0.25, 0.3) is 0 Å². The molecule has 0 saturated carbocycles. The predicted octanol–water partition coefficient (Wildman–Crippen LogP) is 2.30. The molecule has 0 amide bonds. The van der Waals surface area contributed by atoms with Crippen LogP contribution in [0.4, 0.5) is 11.5 Å². The van der Waals surface area contributed by atoms with E-state index in [9.17, 15) is 9.59 Å². The van der Waals surface area contributed by atoms with Gasteiger partial charge in [0.05, 0.1) is 13.2 Å². The average Bonchev–Trinajstić information content (AvgIpc) is 2.66. The molecule has 1 fully saturated rings. The largest absolute Gasteiger partial charge is 0.379 e. The summed E-state index contributed by atoms with van der Waals surface area (Å²) in [5.41, 5.74) is 2.66. The van der Waals surface area contributed by atoms with E-state index in [2.05, 4.69) is 29.0 Å². The summed E-state index contributed by atoms with van der Waals surface area (Å²) in [6, 6.07) is 7.47. The molecule has 28 heavy (non-hydrogen) atoms. The Balaban J connectivity index is 0.00000280. The van der Waals surface area contributed by atoms with E-state index in [0.29, 0.717) is 12.4 Å². The normalized spacial score (nSPS) is 14.5. The van der Waals surface area contributed by atoms with Crippen molar-refractivity contribution in [2.75, 3.05) is 38.2 Å². The Bertz CT molecular complexity index is 857. The molecule has 0 aliphatic carbocycles. The molecule has 2 heterocycles. The Labute approximate surface area is 171 Å². The number of anilines is 2. The number of halogens is 1. The van der Waals surface area contributed by atoms with E-state index in [1.54, 1.807) is 0 Å². The van der Waals surface area contributed by atoms with Gasteiger partial charge < -0.3 is 10.1 Å². The molecule has 154 valence electrons. The highest BCUT2D eigenvalue weighted by molar-refractivity contribution is 5.85. The van der Waals surface area contributed by atoms with Gasteiger partial charge in [-0.25, -0.2) is 4.79 Å². The number of H-pyrrole nitrogens is 1. The number of ether oxygens (including phenoxy) is 1. The molecule has 1 aromatic carbocycles. The Morgan fingerprint density at radius 3 is 2.57 bits per heavy atom. The van der Waals surface area contributed by atoms with Gasteiger partial charge in [0.15, 0.2) is 0 Å². The van der Waals surface area contributed by atoms with Gasteiger partial charge in [0, 0.05) is 37.9 Å². The summed E-state index contributed by atoms with van der Waals surface area (Å²) < 4.78 is 6.59. The lowest BCUT2D eigenvalue weighted by atomic mass is 10.1. The highest BCUT2D eigenvalue weighted by atomic mass is 35.5. The van der Waals surface area contributed by atoms with Crippen molar-refractivity contribution in [3.05, 3.63) is 56.2 Å². The number of rotatable bonds is 7. The minimum atomic E-state index is -0.380. The van der Waals surface area contributed by atoms with E-state index >= 15 is 0 Å². The third-order valence-electron chi connectivity index (χ3n) is 4.99. The summed E-state index contributed by atoms with van der Waals surface area (Å²) in [7, 11) is 0. The van der Waals surface area contributed by atoms with Crippen molar-refractivity contribution in [1.29, 1.82) is 0 Å². The lowest BCUT2D eigenvalue weighted by molar-refractivity contribution is 0.0368. The number of nitrogens with one attached hydrogen (secondary N) is 2. The summed E-state index contributed by atoms with van der Waals surface area (Å²) in [6.45, 7) is 8.76. The van der Waals surface area contributed by atoms with Crippen LogP contribution in [0.15, 0.2) is 33.9 Å². The van der Waals surface area contributed by atoms with Crippen LogP contribution in [-0.4, -0.2) is 47.3 Å². The van der Waals surface area contributed by atoms with Crippen LogP contribution in [-0.2, 0) is 17.7 Å². The molecule has 3 rings (SSSR count). The lowest BCUT2D eigenvalue weighted by Gasteiger charge is -2.26. The molecule has 7 nitrogen and oxygen atoms in total. The molecule has 0 unspecified atom stereocenters. The molecule has 1 aromatic heterocycles. The Morgan fingerprint density at radius 1 is 1.14 bits per heavy atom. The summed E-state index contributed by atoms with van der Waals surface area (Å²) >= 11 is 0. The second kappa shape index (κ2) is 10.5. The first kappa shape index (κ1) is 22.2. The summed E-state index contributed by atoms with van der Waals surface area (Å²) in [5, 5.41) is 3.13. The molecule has 1 aliphatic heterocycles. The van der Waals surface area contributed by atoms with E-state index in [1.807, 2.05) is 18.2 Å². The zero-order chi connectivity index (χ0) is 19.2. The highest BCUT2D eigenvalue weighted by Gasteiger charge is 2.11. The van der Waals surface area contributed by atoms with Gasteiger partial charge in [-0.3, -0.25) is 19.2 Å². The molecular weight excluding hydrogens is 380 g/mol. The minimum absolute atomic E-state index is 0. The maximum Gasteiger partial charge on any atom is 0.329 e. The lowest BCUT2D eigenvalue weighted by Crippen LogP contribution is -2.39. The maximum atomic E-state index is 12.4. The quantitative estimate of drug-likeness (QED) is 0.734. The van der Waals surface area contributed by atoms with E-state index in [1.165, 1.54) is 21.8 Å². The first-order valence-corrected chi connectivity index (χ1v) is 9.57. The van der Waals surface area contributed by atoms with Crippen LogP contribution >= 0.6 is 12.4 Å². The zero-order valence-electron chi connectivity index (χ0n) is 16.5. The van der Waals surface area contributed by atoms with Crippen LogP contribution in [0.3, 0.4) is 0 Å². The number of aryl methyl sites for hydroxylation is 2. The fourth-order valence-corrected chi connectivity index (χ4v) is 3.36. The van der Waals surface area contributed by atoms with E-state index < -0.39 is 0 Å². The molecule has 2 N–H and O–H groups in total. The Morgan fingerprint density at radius 2 is 1.89 bits per heavy atom. The second-order valence-electron chi connectivity index (χ2n) is 6.91. The number of benzene rings is 1. The number of hydrogen-bond donors (Lipinski definition) is 2. The molecule has 1 saturated heterocycles. The number of nitrogens with zero attached hydrogens (tertiary/aromatic N) is 2. The summed E-state index contributed by atoms with van der Waals surface area (Å²) in [4.78, 5) is 29.8. The monoisotopic (exact) mass is 408 g/mol. The van der Waals surface area contributed by atoms with Gasteiger partial charge in [-0.05, 0) is 43.0 Å². The fraction of sp³-hybridized carbons (Fsp3) is 0.500. The van der Waals surface area contributed by atoms with Crippen LogP contribution in [0.5, 0.6) is 0 Å². The van der Waals surface area contributed by atoms with Crippen molar-refractivity contribution in [3.63, 3.8) is 0 Å². The van der Waals surface area contributed by atoms with Crippen LogP contribution < -0.4 is 16.6 Å². The van der Waals surface area contributed by atoms with Crippen molar-refractivity contribution in [2.24, 2.45) is 0 Å². The smallest absolute Gasteiger partial charge is 0.329 e. The van der Waals surface area contributed by atoms with Crippen molar-refractivity contribution < 1.29 is 4.74 Å². The number of hydrogen-bond acceptors (Lipinski definition) is 5. The third kappa shape index (κ3) is 5.70. The number of aromatic amines is 1. The molecule has 1 aliphatic rings. The van der Waals surface area contributed by atoms with Gasteiger partial charge in [-0.1, -0.05) is 13.0 Å². The number of aromatic nitrogens is 2. The minimum Gasteiger partial charge on any atom is -0.379 e. The van der Waals surface area contributed by atoms with Crippen molar-refractivity contribution in [3.8, 4) is 0 Å². The van der Waals surface area contributed by atoms with Crippen molar-refractivity contribution in [2.45, 2.75) is 33.2 Å². The molecule has 0 radical (unpaired) electrons. The van der Waals surface area contributed by atoms with E-state index in [4.69, 9.17) is 4.74 Å². The SMILES string of the molecule is CCc1cc(Nc2cc(=O)n(CCCN3CCOCC3)c(=O)[nH]2)ccc1C.Cl. The Kier molecular flexibility index (Phi) is 8.29. The summed E-state index contributed by atoms with van der Waals surface area (Å²) in [6.07, 6.45) is 1.69. The third-order valence-corrected chi connectivity index (χ3v) is 4.99. The predicted molar refractivity (Wildman–Crippen MR) is 114 cm³/mol. The van der Waals surface area contributed by atoms with Gasteiger partial charge >= 0.3 is 5.69 Å². The number of morpholine rings is 1. The average molecular weight is 409 g/mol. The van der Waals surface area contributed by atoms with Gasteiger partial charge in [0.1, 0.15) is 5.82 Å². The molecule has 8 heteroatoms. The van der Waals surface area contributed by atoms with Crippen LogP contribution in [0, 0.1) is 6.92 Å². The van der Waals surface area contributed by atoms with Gasteiger partial charge in [0.2, 0.25) is 0 Å². The molecule has 2 aromatic rings. The van der Waals surface area contributed by atoms with Crippen LogP contribution in [0.1, 0.15) is 24.5 Å². The van der Waals surface area contributed by atoms with E-state index in [-0.39, 0.29) is 23.7 Å². The fourth-order valence-electron chi connectivity index (χ4n) is 3.36. The van der Waals surface area contributed by atoms with Gasteiger partial charge in [-0.2, -0.15) is 0 Å². The van der Waals surface area contributed by atoms with Crippen LogP contribution in [0.2, 0.25) is 0 Å². The van der Waals surface area contributed by atoms with E-state index in [0.717, 1.165) is 51.4 Å². The van der Waals surface area contributed by atoms with Gasteiger partial charge in [-0.15, -0.1) is 12.4 Å². The topological polar surface area (TPSA) is 79.4 Å². The maximum absolute atomic E-state index is 12.4. The molecule has 0 atom stereocenters. The summed E-state index contributed by atoms with van der Waals surface area (Å²) in [5.74, 6) is 0.417. The Hall–Kier alpha value is -2.09. The highest BCUT2D eigenvalue weighted by Crippen LogP contribution is 2.18.